The number of nitrogens with one attached hydrogen (secondary N) is 1. The molecule has 1 aromatic rings. The summed E-state index contributed by atoms with van der Waals surface area (Å²) in [6.07, 6.45) is 0. The molecule has 1 amide bonds. The lowest BCUT2D eigenvalue weighted by atomic mass is 10.1. The van der Waals surface area contributed by atoms with Crippen LogP contribution < -0.4 is 14.8 Å². The number of ether oxygens (including phenoxy) is 2. The zero-order valence-corrected chi connectivity index (χ0v) is 10.9. The van der Waals surface area contributed by atoms with Crippen LogP contribution in [-0.2, 0) is 0 Å². The summed E-state index contributed by atoms with van der Waals surface area (Å²) in [6, 6.07) is 5.06. The van der Waals surface area contributed by atoms with Gasteiger partial charge in [0, 0.05) is 11.9 Å². The Hall–Kier alpha value is -1.42. The Morgan fingerprint density at radius 2 is 2.12 bits per heavy atom. The predicted molar refractivity (Wildman–Crippen MR) is 67.2 cm³/mol. The van der Waals surface area contributed by atoms with Gasteiger partial charge in [0.25, 0.3) is 5.91 Å². The average molecular weight is 258 g/mol. The van der Waals surface area contributed by atoms with Crippen LogP contribution in [0.4, 0.5) is 0 Å². The largest absolute Gasteiger partial charge is 0.497 e. The van der Waals surface area contributed by atoms with E-state index in [1.807, 2.05) is 6.92 Å². The second-order valence-electron chi connectivity index (χ2n) is 3.56. The highest BCUT2D eigenvalue weighted by molar-refractivity contribution is 6.20. The molecule has 0 aliphatic rings. The minimum atomic E-state index is -0.228. The van der Waals surface area contributed by atoms with Crippen molar-refractivity contribution in [1.82, 2.24) is 5.32 Å². The van der Waals surface area contributed by atoms with Gasteiger partial charge in [0.05, 0.1) is 19.8 Å². The van der Waals surface area contributed by atoms with Gasteiger partial charge in [0.1, 0.15) is 11.5 Å². The first-order valence-corrected chi connectivity index (χ1v) is 5.66. The normalized spacial score (nSPS) is 11.8. The number of hydrogen-bond acceptors (Lipinski definition) is 3. The van der Waals surface area contributed by atoms with Crippen molar-refractivity contribution in [3.8, 4) is 11.5 Å². The van der Waals surface area contributed by atoms with Gasteiger partial charge in [-0.1, -0.05) is 0 Å². The van der Waals surface area contributed by atoms with Crippen molar-refractivity contribution in [2.45, 2.75) is 12.3 Å². The summed E-state index contributed by atoms with van der Waals surface area (Å²) in [5, 5.41) is 2.60. The SMILES string of the molecule is COc1ccc(OC)c(C(=O)NCC(C)Cl)c1. The lowest BCUT2D eigenvalue weighted by molar-refractivity contribution is 0.0950. The van der Waals surface area contributed by atoms with Crippen molar-refractivity contribution in [3.63, 3.8) is 0 Å². The Morgan fingerprint density at radius 3 is 2.65 bits per heavy atom. The maximum atomic E-state index is 11.9. The van der Waals surface area contributed by atoms with Crippen LogP contribution >= 0.6 is 11.6 Å². The van der Waals surface area contributed by atoms with E-state index in [2.05, 4.69) is 5.32 Å². The van der Waals surface area contributed by atoms with Gasteiger partial charge >= 0.3 is 0 Å². The van der Waals surface area contributed by atoms with Gasteiger partial charge in [-0.25, -0.2) is 0 Å². The molecule has 5 heteroatoms. The van der Waals surface area contributed by atoms with Gasteiger partial charge in [0.2, 0.25) is 0 Å². The van der Waals surface area contributed by atoms with E-state index in [-0.39, 0.29) is 11.3 Å². The first kappa shape index (κ1) is 13.6. The number of benzene rings is 1. The zero-order valence-electron chi connectivity index (χ0n) is 10.1. The Balaban J connectivity index is 2.89. The van der Waals surface area contributed by atoms with Crippen LogP contribution in [0.1, 0.15) is 17.3 Å². The van der Waals surface area contributed by atoms with Crippen LogP contribution in [0.5, 0.6) is 11.5 Å². The molecule has 1 rings (SSSR count). The highest BCUT2D eigenvalue weighted by Gasteiger charge is 2.13. The quantitative estimate of drug-likeness (QED) is 0.822. The molecule has 0 saturated heterocycles. The predicted octanol–water partition coefficient (Wildman–Crippen LogP) is 2.06. The van der Waals surface area contributed by atoms with Gasteiger partial charge in [-0.2, -0.15) is 0 Å². The Bertz CT molecular complexity index is 393. The maximum Gasteiger partial charge on any atom is 0.255 e. The number of hydrogen-bond donors (Lipinski definition) is 1. The van der Waals surface area contributed by atoms with Crippen LogP contribution in [0.2, 0.25) is 0 Å². The number of amides is 1. The lowest BCUT2D eigenvalue weighted by Crippen LogP contribution is -2.28. The Labute approximate surface area is 106 Å². The maximum absolute atomic E-state index is 11.9. The molecule has 0 heterocycles. The third-order valence-electron chi connectivity index (χ3n) is 2.20. The fourth-order valence-electron chi connectivity index (χ4n) is 1.32. The molecule has 1 unspecified atom stereocenters. The molecule has 0 aliphatic carbocycles. The topological polar surface area (TPSA) is 47.6 Å². The molecule has 0 bridgehead atoms. The second-order valence-corrected chi connectivity index (χ2v) is 4.30. The molecular formula is C12H16ClNO3. The summed E-state index contributed by atoms with van der Waals surface area (Å²) < 4.78 is 10.2. The van der Waals surface area contributed by atoms with Crippen LogP contribution in [0, 0.1) is 0 Å². The van der Waals surface area contributed by atoms with Crippen LogP contribution in [0.25, 0.3) is 0 Å². The summed E-state index contributed by atoms with van der Waals surface area (Å²) in [7, 11) is 3.06. The van der Waals surface area contributed by atoms with Crippen molar-refractivity contribution >= 4 is 17.5 Å². The average Bonchev–Trinajstić information content (AvgIpc) is 2.34. The minimum Gasteiger partial charge on any atom is -0.497 e. The van der Waals surface area contributed by atoms with Crippen molar-refractivity contribution in [2.75, 3.05) is 20.8 Å². The molecule has 1 N–H and O–H groups in total. The smallest absolute Gasteiger partial charge is 0.255 e. The van der Waals surface area contributed by atoms with E-state index in [9.17, 15) is 4.79 Å². The van der Waals surface area contributed by atoms with Crippen molar-refractivity contribution in [2.24, 2.45) is 0 Å². The summed E-state index contributed by atoms with van der Waals surface area (Å²) in [6.45, 7) is 2.21. The molecule has 94 valence electrons. The first-order chi connectivity index (χ1) is 8.08. The number of halogens is 1. The van der Waals surface area contributed by atoms with Gasteiger partial charge in [-0.15, -0.1) is 11.6 Å². The summed E-state index contributed by atoms with van der Waals surface area (Å²) >= 11 is 5.77. The molecular weight excluding hydrogens is 242 g/mol. The monoisotopic (exact) mass is 257 g/mol. The van der Waals surface area contributed by atoms with Crippen molar-refractivity contribution in [1.29, 1.82) is 0 Å². The number of rotatable bonds is 5. The van der Waals surface area contributed by atoms with Gasteiger partial charge < -0.3 is 14.8 Å². The number of alkyl halides is 1. The van der Waals surface area contributed by atoms with Crippen molar-refractivity contribution in [3.05, 3.63) is 23.8 Å². The van der Waals surface area contributed by atoms with E-state index in [0.717, 1.165) is 0 Å². The molecule has 0 saturated carbocycles. The van der Waals surface area contributed by atoms with Crippen molar-refractivity contribution < 1.29 is 14.3 Å². The zero-order chi connectivity index (χ0) is 12.8. The number of carbonyl (C=O) groups excluding carboxylic acids is 1. The highest BCUT2D eigenvalue weighted by Crippen LogP contribution is 2.23. The first-order valence-electron chi connectivity index (χ1n) is 5.22. The van der Waals surface area contributed by atoms with Gasteiger partial charge in [-0.3, -0.25) is 4.79 Å². The molecule has 17 heavy (non-hydrogen) atoms. The van der Waals surface area contributed by atoms with E-state index in [1.165, 1.54) is 7.11 Å². The third kappa shape index (κ3) is 3.82. The van der Waals surface area contributed by atoms with E-state index < -0.39 is 0 Å². The number of carbonyl (C=O) groups is 1. The molecule has 1 aromatic carbocycles. The van der Waals surface area contributed by atoms with Crippen LogP contribution in [0.15, 0.2) is 18.2 Å². The molecule has 1 atom stereocenters. The van der Waals surface area contributed by atoms with E-state index in [4.69, 9.17) is 21.1 Å². The third-order valence-corrected chi connectivity index (χ3v) is 2.35. The molecule has 0 aliphatic heterocycles. The summed E-state index contributed by atoms with van der Waals surface area (Å²) in [5.41, 5.74) is 0.434. The molecule has 0 fully saturated rings. The molecule has 0 aromatic heterocycles. The van der Waals surface area contributed by atoms with E-state index in [0.29, 0.717) is 23.6 Å². The van der Waals surface area contributed by atoms with Crippen LogP contribution in [-0.4, -0.2) is 32.0 Å². The molecule has 0 spiro atoms. The second kappa shape index (κ2) is 6.35. The minimum absolute atomic E-state index is 0.115. The summed E-state index contributed by atoms with van der Waals surface area (Å²) in [5.74, 6) is 0.883. The van der Waals surface area contributed by atoms with Crippen LogP contribution in [0.3, 0.4) is 0 Å². The summed E-state index contributed by atoms with van der Waals surface area (Å²) in [4.78, 5) is 11.9. The van der Waals surface area contributed by atoms with E-state index >= 15 is 0 Å². The fourth-order valence-corrected chi connectivity index (χ4v) is 1.40. The van der Waals surface area contributed by atoms with E-state index in [1.54, 1.807) is 25.3 Å². The van der Waals surface area contributed by atoms with Gasteiger partial charge in [-0.05, 0) is 25.1 Å². The Kier molecular flexibility index (Phi) is 5.10. The molecule has 4 nitrogen and oxygen atoms in total. The highest BCUT2D eigenvalue weighted by atomic mass is 35.5. The Morgan fingerprint density at radius 1 is 1.41 bits per heavy atom. The standard InChI is InChI=1S/C12H16ClNO3/c1-8(13)7-14-12(15)10-6-9(16-2)4-5-11(10)17-3/h4-6,8H,7H2,1-3H3,(H,14,15). The molecule has 0 radical (unpaired) electrons. The number of methoxy groups -OCH3 is 2. The van der Waals surface area contributed by atoms with Gasteiger partial charge in [0.15, 0.2) is 0 Å². The fraction of sp³-hybridized carbons (Fsp3) is 0.417. The lowest BCUT2D eigenvalue weighted by Gasteiger charge is -2.11.